The maximum Gasteiger partial charge on any atom is 0.324 e. The summed E-state index contributed by atoms with van der Waals surface area (Å²) in [5.74, 6) is -0.269. The molecule has 27 heavy (non-hydrogen) atoms. The Balaban J connectivity index is 4.12. The van der Waals surface area contributed by atoms with E-state index in [1.54, 1.807) is 21.3 Å². The van der Waals surface area contributed by atoms with Gasteiger partial charge < -0.3 is 23.7 Å². The number of unbranched alkanes of at least 4 members (excludes halogenated alkanes) is 11. The quantitative estimate of drug-likeness (QED) is 0.150. The van der Waals surface area contributed by atoms with Crippen LogP contribution in [-0.4, -0.2) is 41.3 Å². The number of rotatable bonds is 19. The maximum absolute atomic E-state index is 5.66. The number of hydrogen-bond acceptors (Lipinski definition) is 5. The molecular weight excluding hydrogens is 344 g/mol. The van der Waals surface area contributed by atoms with Gasteiger partial charge in [-0.05, 0) is 6.42 Å². The zero-order chi connectivity index (χ0) is 20.4. The predicted octanol–water partition coefficient (Wildman–Crippen LogP) is 6.18. The van der Waals surface area contributed by atoms with Crippen molar-refractivity contribution < 1.29 is 23.7 Å². The zero-order valence-electron chi connectivity index (χ0n) is 18.7. The minimum atomic E-state index is -0.978. The summed E-state index contributed by atoms with van der Waals surface area (Å²) in [4.78, 5) is 0. The van der Waals surface area contributed by atoms with Gasteiger partial charge in [-0.2, -0.15) is 0 Å². The highest BCUT2D eigenvalue weighted by atomic mass is 16.7. The van der Waals surface area contributed by atoms with E-state index in [1.807, 2.05) is 0 Å². The van der Waals surface area contributed by atoms with Gasteiger partial charge in [-0.3, -0.25) is 0 Å². The molecule has 0 aliphatic heterocycles. The van der Waals surface area contributed by atoms with Gasteiger partial charge in [0.25, 0.3) is 0 Å². The van der Waals surface area contributed by atoms with E-state index in [0.717, 1.165) is 12.8 Å². The second-order valence-electron chi connectivity index (χ2n) is 7.03. The highest BCUT2D eigenvalue weighted by Crippen LogP contribution is 2.32. The Morgan fingerprint density at radius 2 is 0.963 bits per heavy atom. The monoisotopic (exact) mass is 388 g/mol. The Labute approximate surface area is 167 Å². The van der Waals surface area contributed by atoms with Gasteiger partial charge >= 0.3 is 5.95 Å². The summed E-state index contributed by atoms with van der Waals surface area (Å²) in [5.41, 5.74) is 0. The van der Waals surface area contributed by atoms with E-state index in [9.17, 15) is 0 Å². The number of ether oxygens (including phenoxy) is 5. The van der Waals surface area contributed by atoms with E-state index >= 15 is 0 Å². The molecule has 0 aromatic heterocycles. The second-order valence-corrected chi connectivity index (χ2v) is 7.03. The van der Waals surface area contributed by atoms with Crippen LogP contribution < -0.4 is 0 Å². The lowest BCUT2D eigenvalue weighted by Gasteiger charge is -2.32. The summed E-state index contributed by atoms with van der Waals surface area (Å²) in [6.07, 6.45) is 16.4. The molecule has 0 unspecified atom stereocenters. The molecule has 5 nitrogen and oxygen atoms in total. The zero-order valence-corrected chi connectivity index (χ0v) is 18.7. The highest BCUT2D eigenvalue weighted by molar-refractivity contribution is 5.08. The summed E-state index contributed by atoms with van der Waals surface area (Å²) in [6.45, 7) is 2.27. The molecule has 0 aromatic rings. The second kappa shape index (κ2) is 17.2. The molecule has 0 aromatic carbocycles. The molecule has 162 valence electrons. The standard InChI is InChI=1S/C22H44O5/c1-7-8-9-10-11-12-13-14-15-16-17-18-19-22(26-5,27-6)20(23-2)21(24-3)25-4/h7-19H2,1-6H3. The van der Waals surface area contributed by atoms with Crippen molar-refractivity contribution in [2.75, 3.05) is 35.5 Å². The van der Waals surface area contributed by atoms with Crippen LogP contribution in [0.25, 0.3) is 0 Å². The van der Waals surface area contributed by atoms with Crippen LogP contribution in [0.4, 0.5) is 0 Å². The van der Waals surface area contributed by atoms with Crippen molar-refractivity contribution in [1.29, 1.82) is 0 Å². The van der Waals surface area contributed by atoms with Crippen LogP contribution >= 0.6 is 0 Å². The topological polar surface area (TPSA) is 46.2 Å². The van der Waals surface area contributed by atoms with Crippen LogP contribution in [0.2, 0.25) is 0 Å². The molecule has 0 saturated carbocycles. The molecule has 5 heteroatoms. The Hall–Kier alpha value is -0.940. The lowest BCUT2D eigenvalue weighted by molar-refractivity contribution is -0.211. The molecule has 0 heterocycles. The molecule has 0 amide bonds. The lowest BCUT2D eigenvalue weighted by atomic mass is 10.0. The number of methoxy groups -OCH3 is 5. The fourth-order valence-electron chi connectivity index (χ4n) is 3.45. The summed E-state index contributed by atoms with van der Waals surface area (Å²) >= 11 is 0. The Bertz CT molecular complexity index is 358. The van der Waals surface area contributed by atoms with Gasteiger partial charge in [0.2, 0.25) is 11.5 Å². The van der Waals surface area contributed by atoms with Crippen LogP contribution in [-0.2, 0) is 23.7 Å². The molecule has 0 rings (SSSR count). The van der Waals surface area contributed by atoms with Crippen LogP contribution in [0.3, 0.4) is 0 Å². The molecule has 0 fully saturated rings. The molecular formula is C22H44O5. The van der Waals surface area contributed by atoms with Gasteiger partial charge in [-0.15, -0.1) is 0 Å². The summed E-state index contributed by atoms with van der Waals surface area (Å²) in [6, 6.07) is 0. The summed E-state index contributed by atoms with van der Waals surface area (Å²) in [7, 11) is 7.88. The maximum atomic E-state index is 5.66. The van der Waals surface area contributed by atoms with Crippen molar-refractivity contribution in [2.24, 2.45) is 0 Å². The van der Waals surface area contributed by atoms with Gasteiger partial charge in [-0.1, -0.05) is 77.6 Å². The molecule has 0 aliphatic rings. The van der Waals surface area contributed by atoms with Gasteiger partial charge in [-0.25, -0.2) is 0 Å². The van der Waals surface area contributed by atoms with E-state index in [2.05, 4.69) is 6.92 Å². The highest BCUT2D eigenvalue weighted by Gasteiger charge is 2.40. The van der Waals surface area contributed by atoms with Crippen molar-refractivity contribution >= 4 is 0 Å². The third kappa shape index (κ3) is 10.2. The van der Waals surface area contributed by atoms with Crippen LogP contribution in [0.15, 0.2) is 11.7 Å². The average Bonchev–Trinajstić information content (AvgIpc) is 2.70. The van der Waals surface area contributed by atoms with Gasteiger partial charge in [0, 0.05) is 20.6 Å². The van der Waals surface area contributed by atoms with Gasteiger partial charge in [0.15, 0.2) is 0 Å². The van der Waals surface area contributed by atoms with Crippen LogP contribution in [0, 0.1) is 0 Å². The van der Waals surface area contributed by atoms with E-state index in [1.165, 1.54) is 78.4 Å². The SMILES string of the molecule is CCCCCCCCCCCCCCC(OC)(OC)C(OC)=C(OC)OC. The molecule has 0 atom stereocenters. The van der Waals surface area contributed by atoms with Crippen molar-refractivity contribution in [2.45, 2.75) is 96.2 Å². The molecule has 0 aliphatic carbocycles. The first kappa shape index (κ1) is 26.1. The largest absolute Gasteiger partial charge is 0.490 e. The van der Waals surface area contributed by atoms with E-state index < -0.39 is 5.79 Å². The van der Waals surface area contributed by atoms with Crippen molar-refractivity contribution in [3.63, 3.8) is 0 Å². The minimum absolute atomic E-state index is 0.278. The fraction of sp³-hybridized carbons (Fsp3) is 0.909. The lowest BCUT2D eigenvalue weighted by Crippen LogP contribution is -2.38. The van der Waals surface area contributed by atoms with Gasteiger partial charge in [0.1, 0.15) is 0 Å². The van der Waals surface area contributed by atoms with E-state index in [4.69, 9.17) is 23.7 Å². The first-order valence-electron chi connectivity index (χ1n) is 10.6. The molecule has 0 radical (unpaired) electrons. The van der Waals surface area contributed by atoms with Crippen LogP contribution in [0.5, 0.6) is 0 Å². The summed E-state index contributed by atoms with van der Waals surface area (Å²) in [5, 5.41) is 0. The molecule has 0 spiro atoms. The van der Waals surface area contributed by atoms with E-state index in [0.29, 0.717) is 12.2 Å². The summed E-state index contributed by atoms with van der Waals surface area (Å²) < 4.78 is 27.3. The fourth-order valence-corrected chi connectivity index (χ4v) is 3.45. The predicted molar refractivity (Wildman–Crippen MR) is 110 cm³/mol. The van der Waals surface area contributed by atoms with E-state index in [-0.39, 0.29) is 5.95 Å². The number of hydrogen-bond donors (Lipinski definition) is 0. The minimum Gasteiger partial charge on any atom is -0.490 e. The van der Waals surface area contributed by atoms with Crippen molar-refractivity contribution in [3.8, 4) is 0 Å². The first-order chi connectivity index (χ1) is 13.2. The van der Waals surface area contributed by atoms with Crippen LogP contribution in [0.1, 0.15) is 90.4 Å². The van der Waals surface area contributed by atoms with Gasteiger partial charge in [0.05, 0.1) is 21.3 Å². The Morgan fingerprint density at radius 1 is 0.556 bits per heavy atom. The Kier molecular flexibility index (Phi) is 16.6. The first-order valence-corrected chi connectivity index (χ1v) is 10.6. The average molecular weight is 389 g/mol. The smallest absolute Gasteiger partial charge is 0.324 e. The Morgan fingerprint density at radius 3 is 1.30 bits per heavy atom. The van der Waals surface area contributed by atoms with Crippen molar-refractivity contribution in [1.82, 2.24) is 0 Å². The normalized spacial score (nSPS) is 11.3. The third-order valence-electron chi connectivity index (χ3n) is 5.13. The third-order valence-corrected chi connectivity index (χ3v) is 5.13. The molecule has 0 saturated heterocycles. The molecule has 0 N–H and O–H groups in total. The molecule has 0 bridgehead atoms. The van der Waals surface area contributed by atoms with Crippen molar-refractivity contribution in [3.05, 3.63) is 11.7 Å².